The minimum absolute atomic E-state index is 0.129. The summed E-state index contributed by atoms with van der Waals surface area (Å²) < 4.78 is 5.80. The number of nitrogens with one attached hydrogen (secondary N) is 1. The lowest BCUT2D eigenvalue weighted by atomic mass is 9.89. The second kappa shape index (κ2) is 5.34. The number of rotatable bonds is 3. The van der Waals surface area contributed by atoms with Crippen LogP contribution in [0.2, 0.25) is 0 Å². The Balaban J connectivity index is 2.03. The number of hydrogen-bond acceptors (Lipinski definition) is 3. The molecule has 0 bridgehead atoms. The number of hydrogen-bond donors (Lipinski definition) is 1. The maximum atomic E-state index is 11.4. The van der Waals surface area contributed by atoms with Crippen molar-refractivity contribution >= 4 is 0 Å². The van der Waals surface area contributed by atoms with Gasteiger partial charge in [0, 0.05) is 6.42 Å². The van der Waals surface area contributed by atoms with Gasteiger partial charge in [0.15, 0.2) is 0 Å². The molecule has 0 spiro atoms. The molecule has 17 heavy (non-hydrogen) atoms. The summed E-state index contributed by atoms with van der Waals surface area (Å²) >= 11 is 0. The molecule has 0 unspecified atom stereocenters. The lowest BCUT2D eigenvalue weighted by molar-refractivity contribution is 0.129. The fourth-order valence-electron chi connectivity index (χ4n) is 2.23. The van der Waals surface area contributed by atoms with Gasteiger partial charge in [0.25, 0.3) is 5.56 Å². The van der Waals surface area contributed by atoms with Gasteiger partial charge in [-0.05, 0) is 31.6 Å². The summed E-state index contributed by atoms with van der Waals surface area (Å²) in [6.07, 6.45) is 5.48. The highest BCUT2D eigenvalue weighted by Crippen LogP contribution is 2.26. The molecule has 0 radical (unpaired) electrons. The van der Waals surface area contributed by atoms with Crippen LogP contribution in [0.15, 0.2) is 10.9 Å². The van der Waals surface area contributed by atoms with E-state index >= 15 is 0 Å². The van der Waals surface area contributed by atoms with Gasteiger partial charge in [0.1, 0.15) is 11.9 Å². The van der Waals surface area contributed by atoms with Gasteiger partial charge >= 0.3 is 0 Å². The zero-order valence-corrected chi connectivity index (χ0v) is 10.5. The number of H-pyrrole nitrogens is 1. The molecule has 94 valence electrons. The largest absolute Gasteiger partial charge is 0.474 e. The van der Waals surface area contributed by atoms with Crippen molar-refractivity contribution in [2.45, 2.75) is 52.1 Å². The Morgan fingerprint density at radius 1 is 1.41 bits per heavy atom. The molecule has 1 saturated carbocycles. The highest BCUT2D eigenvalue weighted by Gasteiger charge is 2.20. The zero-order chi connectivity index (χ0) is 12.3. The van der Waals surface area contributed by atoms with Crippen molar-refractivity contribution in [3.05, 3.63) is 22.2 Å². The summed E-state index contributed by atoms with van der Waals surface area (Å²) in [7, 11) is 0. The summed E-state index contributed by atoms with van der Waals surface area (Å²) in [5, 5.41) is 0. The maximum absolute atomic E-state index is 11.4. The second-order valence-electron chi connectivity index (χ2n) is 4.88. The number of aromatic amines is 1. The lowest BCUT2D eigenvalue weighted by Crippen LogP contribution is -2.24. The molecule has 0 amide bonds. The van der Waals surface area contributed by atoms with Crippen molar-refractivity contribution in [2.75, 3.05) is 0 Å². The predicted octanol–water partition coefficient (Wildman–Crippen LogP) is 2.29. The van der Waals surface area contributed by atoms with Crippen LogP contribution in [0.1, 0.15) is 45.4 Å². The molecular weight excluding hydrogens is 216 g/mol. The molecule has 4 nitrogen and oxygen atoms in total. The zero-order valence-electron chi connectivity index (χ0n) is 10.5. The molecule has 1 heterocycles. The molecule has 1 N–H and O–H groups in total. The van der Waals surface area contributed by atoms with Crippen molar-refractivity contribution in [3.8, 4) is 5.88 Å². The van der Waals surface area contributed by atoms with Crippen molar-refractivity contribution in [1.82, 2.24) is 9.97 Å². The third-order valence-electron chi connectivity index (χ3n) is 3.35. The third-order valence-corrected chi connectivity index (χ3v) is 3.35. The van der Waals surface area contributed by atoms with E-state index in [2.05, 4.69) is 16.9 Å². The summed E-state index contributed by atoms with van der Waals surface area (Å²) in [6.45, 7) is 4.24. The molecule has 2 rings (SSSR count). The van der Waals surface area contributed by atoms with E-state index in [1.54, 1.807) is 0 Å². The molecule has 1 fully saturated rings. The fourth-order valence-corrected chi connectivity index (χ4v) is 2.23. The molecular formula is C13H20N2O2. The molecule has 0 aliphatic heterocycles. The van der Waals surface area contributed by atoms with Gasteiger partial charge in [-0.1, -0.05) is 13.8 Å². The van der Waals surface area contributed by atoms with Crippen molar-refractivity contribution < 1.29 is 4.74 Å². The Kier molecular flexibility index (Phi) is 3.82. The number of aryl methyl sites for hydroxylation is 1. The van der Waals surface area contributed by atoms with E-state index in [9.17, 15) is 4.79 Å². The minimum Gasteiger partial charge on any atom is -0.474 e. The van der Waals surface area contributed by atoms with Gasteiger partial charge in [0.2, 0.25) is 5.88 Å². The molecule has 1 aliphatic carbocycles. The quantitative estimate of drug-likeness (QED) is 0.876. The molecule has 0 atom stereocenters. The first-order valence-corrected chi connectivity index (χ1v) is 6.44. The van der Waals surface area contributed by atoms with Gasteiger partial charge in [-0.25, -0.2) is 4.98 Å². The van der Waals surface area contributed by atoms with Crippen LogP contribution in [0.5, 0.6) is 5.88 Å². The van der Waals surface area contributed by atoms with E-state index in [1.807, 2.05) is 6.92 Å². The Hall–Kier alpha value is -1.32. The number of ether oxygens (including phenoxy) is 1. The van der Waals surface area contributed by atoms with Gasteiger partial charge in [-0.3, -0.25) is 4.79 Å². The van der Waals surface area contributed by atoms with Gasteiger partial charge in [-0.15, -0.1) is 0 Å². The van der Waals surface area contributed by atoms with Crippen molar-refractivity contribution in [3.63, 3.8) is 0 Å². The van der Waals surface area contributed by atoms with Crippen LogP contribution in [-0.4, -0.2) is 16.1 Å². The average Bonchev–Trinajstić information content (AvgIpc) is 2.31. The molecule has 1 aromatic heterocycles. The topological polar surface area (TPSA) is 55.0 Å². The molecule has 0 saturated heterocycles. The second-order valence-corrected chi connectivity index (χ2v) is 4.88. The highest BCUT2D eigenvalue weighted by molar-refractivity contribution is 5.09. The molecule has 1 aromatic rings. The number of aromatic nitrogens is 2. The first kappa shape index (κ1) is 12.1. The average molecular weight is 236 g/mol. The predicted molar refractivity (Wildman–Crippen MR) is 66.3 cm³/mol. The van der Waals surface area contributed by atoms with E-state index in [4.69, 9.17) is 4.74 Å². The van der Waals surface area contributed by atoms with Gasteiger partial charge in [0.05, 0.1) is 6.07 Å². The Morgan fingerprint density at radius 2 is 2.12 bits per heavy atom. The van der Waals surface area contributed by atoms with Crippen LogP contribution in [0.4, 0.5) is 0 Å². The summed E-state index contributed by atoms with van der Waals surface area (Å²) in [4.78, 5) is 18.4. The normalized spacial score (nSPS) is 24.6. The minimum atomic E-state index is -0.129. The van der Waals surface area contributed by atoms with Crippen LogP contribution in [0.25, 0.3) is 0 Å². The monoisotopic (exact) mass is 236 g/mol. The maximum Gasteiger partial charge on any atom is 0.254 e. The summed E-state index contributed by atoms with van der Waals surface area (Å²) in [5.74, 6) is 1.97. The third kappa shape index (κ3) is 3.32. The van der Waals surface area contributed by atoms with E-state index in [1.165, 1.54) is 18.9 Å². The van der Waals surface area contributed by atoms with Crippen LogP contribution in [0.3, 0.4) is 0 Å². The van der Waals surface area contributed by atoms with E-state index < -0.39 is 0 Å². The van der Waals surface area contributed by atoms with E-state index in [0.29, 0.717) is 18.1 Å². The summed E-state index contributed by atoms with van der Waals surface area (Å²) in [5.41, 5.74) is -0.129. The molecule has 0 aromatic carbocycles. The SMILES string of the molecule is CCc1nc(OC2CCC(C)CC2)cc(=O)[nH]1. The van der Waals surface area contributed by atoms with Crippen molar-refractivity contribution in [1.29, 1.82) is 0 Å². The van der Waals surface area contributed by atoms with Crippen LogP contribution >= 0.6 is 0 Å². The Labute approximate surface area is 101 Å². The Morgan fingerprint density at radius 3 is 2.76 bits per heavy atom. The fraction of sp³-hybridized carbons (Fsp3) is 0.692. The number of nitrogens with zero attached hydrogens (tertiary/aromatic N) is 1. The Bertz CT molecular complexity index is 420. The van der Waals surface area contributed by atoms with Crippen molar-refractivity contribution in [2.24, 2.45) is 5.92 Å². The van der Waals surface area contributed by atoms with E-state index in [0.717, 1.165) is 18.8 Å². The highest BCUT2D eigenvalue weighted by atomic mass is 16.5. The summed E-state index contributed by atoms with van der Waals surface area (Å²) in [6, 6.07) is 1.44. The van der Waals surface area contributed by atoms with Gasteiger partial charge in [-0.2, -0.15) is 0 Å². The van der Waals surface area contributed by atoms with E-state index in [-0.39, 0.29) is 11.7 Å². The first-order chi connectivity index (χ1) is 8.17. The van der Waals surface area contributed by atoms with Crippen LogP contribution in [-0.2, 0) is 6.42 Å². The van der Waals surface area contributed by atoms with Gasteiger partial charge < -0.3 is 9.72 Å². The smallest absolute Gasteiger partial charge is 0.254 e. The molecule has 1 aliphatic rings. The standard InChI is InChI=1S/C13H20N2O2/c1-3-11-14-12(16)8-13(15-11)17-10-6-4-9(2)5-7-10/h8-10H,3-7H2,1-2H3,(H,14,15,16). The van der Waals surface area contributed by atoms with Crippen LogP contribution in [0, 0.1) is 5.92 Å². The molecule has 4 heteroatoms. The lowest BCUT2D eigenvalue weighted by Gasteiger charge is -2.26. The van der Waals surface area contributed by atoms with Crippen LogP contribution < -0.4 is 10.3 Å². The first-order valence-electron chi connectivity index (χ1n) is 6.44.